The van der Waals surface area contributed by atoms with Gasteiger partial charge >= 0.3 is 0 Å². The van der Waals surface area contributed by atoms with E-state index in [1.54, 1.807) is 32.4 Å². The monoisotopic (exact) mass is 330 g/mol. The number of Topliss-reactive ketones (excluding diaryl/α,β-unsaturated/α-hetero) is 1. The molecule has 0 amide bonds. The molecule has 23 heavy (non-hydrogen) atoms. The third-order valence-corrected chi connectivity index (χ3v) is 4.78. The quantitative estimate of drug-likeness (QED) is 0.790. The van der Waals surface area contributed by atoms with Gasteiger partial charge in [0.05, 0.1) is 19.1 Å². The third-order valence-electron chi connectivity index (χ3n) is 3.62. The molecule has 2 aromatic rings. The van der Waals surface area contributed by atoms with Crippen molar-refractivity contribution in [2.24, 2.45) is 0 Å². The number of fused-ring (bicyclic) bond motifs is 1. The SMILES string of the molecule is COc1ccc(/C=C2/CSc3c(F)cccc3C2=O)cc1OC. The van der Waals surface area contributed by atoms with Gasteiger partial charge in [-0.15, -0.1) is 11.8 Å². The van der Waals surface area contributed by atoms with Crippen molar-refractivity contribution >= 4 is 23.6 Å². The van der Waals surface area contributed by atoms with Crippen LogP contribution in [0.5, 0.6) is 11.5 Å². The minimum Gasteiger partial charge on any atom is -0.493 e. The van der Waals surface area contributed by atoms with Crippen molar-refractivity contribution in [1.29, 1.82) is 0 Å². The molecule has 0 N–H and O–H groups in total. The topological polar surface area (TPSA) is 35.5 Å². The van der Waals surface area contributed by atoms with Crippen molar-refractivity contribution in [3.63, 3.8) is 0 Å². The molecule has 1 aliphatic rings. The average Bonchev–Trinajstić information content (AvgIpc) is 2.58. The predicted octanol–water partition coefficient (Wildman–Crippen LogP) is 4.21. The summed E-state index contributed by atoms with van der Waals surface area (Å²) in [5.74, 6) is 1.20. The first kappa shape index (κ1) is 15.6. The van der Waals surface area contributed by atoms with Gasteiger partial charge in [-0.2, -0.15) is 0 Å². The molecule has 0 aromatic heterocycles. The first-order chi connectivity index (χ1) is 11.1. The van der Waals surface area contributed by atoms with Crippen molar-refractivity contribution in [2.45, 2.75) is 4.90 Å². The van der Waals surface area contributed by atoms with Gasteiger partial charge in [-0.1, -0.05) is 12.1 Å². The fourth-order valence-corrected chi connectivity index (χ4v) is 3.51. The highest BCUT2D eigenvalue weighted by Crippen LogP contribution is 2.36. The number of carbonyl (C=O) groups is 1. The van der Waals surface area contributed by atoms with Crippen LogP contribution < -0.4 is 9.47 Å². The Morgan fingerprint density at radius 2 is 1.91 bits per heavy atom. The van der Waals surface area contributed by atoms with E-state index < -0.39 is 0 Å². The Kier molecular flexibility index (Phi) is 4.39. The highest BCUT2D eigenvalue weighted by atomic mass is 32.2. The largest absolute Gasteiger partial charge is 0.493 e. The van der Waals surface area contributed by atoms with Gasteiger partial charge in [-0.05, 0) is 35.9 Å². The minimum absolute atomic E-state index is 0.131. The maximum Gasteiger partial charge on any atom is 0.191 e. The normalized spacial score (nSPS) is 15.4. The molecule has 3 nitrogen and oxygen atoms in total. The number of methoxy groups -OCH3 is 2. The predicted molar refractivity (Wildman–Crippen MR) is 89.0 cm³/mol. The molecule has 0 fully saturated rings. The summed E-state index contributed by atoms with van der Waals surface area (Å²) in [5, 5.41) is 0. The van der Waals surface area contributed by atoms with E-state index in [4.69, 9.17) is 9.47 Å². The Balaban J connectivity index is 1.97. The summed E-state index contributed by atoms with van der Waals surface area (Å²) in [4.78, 5) is 13.0. The van der Waals surface area contributed by atoms with E-state index in [1.807, 2.05) is 18.2 Å². The number of halogens is 1. The average molecular weight is 330 g/mol. The van der Waals surface area contributed by atoms with Crippen molar-refractivity contribution in [1.82, 2.24) is 0 Å². The van der Waals surface area contributed by atoms with Crippen LogP contribution in [0.25, 0.3) is 6.08 Å². The first-order valence-corrected chi connectivity index (χ1v) is 8.01. The number of rotatable bonds is 3. The molecule has 0 saturated heterocycles. The molecular formula is C18H15FO3S. The smallest absolute Gasteiger partial charge is 0.191 e. The highest BCUT2D eigenvalue weighted by Gasteiger charge is 2.24. The van der Waals surface area contributed by atoms with Crippen LogP contribution in [0.3, 0.4) is 0 Å². The highest BCUT2D eigenvalue weighted by molar-refractivity contribution is 7.99. The van der Waals surface area contributed by atoms with Crippen LogP contribution in [0, 0.1) is 5.82 Å². The van der Waals surface area contributed by atoms with Crippen LogP contribution in [-0.4, -0.2) is 25.8 Å². The molecule has 0 unspecified atom stereocenters. The van der Waals surface area contributed by atoms with E-state index in [2.05, 4.69) is 0 Å². The number of ether oxygens (including phenoxy) is 2. The Morgan fingerprint density at radius 1 is 1.13 bits per heavy atom. The van der Waals surface area contributed by atoms with Gasteiger partial charge in [0.2, 0.25) is 0 Å². The second-order valence-electron chi connectivity index (χ2n) is 5.02. The van der Waals surface area contributed by atoms with E-state index >= 15 is 0 Å². The standard InChI is InChI=1S/C18H15FO3S/c1-21-15-7-6-11(9-16(15)22-2)8-12-10-23-18-13(17(12)20)4-3-5-14(18)19/h3-9H,10H2,1-2H3/b12-8-. The Morgan fingerprint density at radius 3 is 2.65 bits per heavy atom. The Hall–Kier alpha value is -2.27. The van der Waals surface area contributed by atoms with Gasteiger partial charge in [0.1, 0.15) is 5.82 Å². The van der Waals surface area contributed by atoms with Crippen molar-refractivity contribution in [2.75, 3.05) is 20.0 Å². The molecule has 118 valence electrons. The Bertz CT molecular complexity index is 799. The third kappa shape index (κ3) is 2.97. The van der Waals surface area contributed by atoms with Crippen molar-refractivity contribution < 1.29 is 18.7 Å². The molecule has 2 aromatic carbocycles. The van der Waals surface area contributed by atoms with Crippen molar-refractivity contribution in [3.05, 3.63) is 58.9 Å². The summed E-state index contributed by atoms with van der Waals surface area (Å²) >= 11 is 1.34. The lowest BCUT2D eigenvalue weighted by atomic mass is 10.0. The maximum absolute atomic E-state index is 13.8. The lowest BCUT2D eigenvalue weighted by molar-refractivity contribution is 0.103. The van der Waals surface area contributed by atoms with E-state index in [-0.39, 0.29) is 11.6 Å². The molecule has 0 spiro atoms. The van der Waals surface area contributed by atoms with Gasteiger partial charge in [-0.25, -0.2) is 4.39 Å². The molecule has 5 heteroatoms. The van der Waals surface area contributed by atoms with Crippen LogP contribution in [0.15, 0.2) is 46.9 Å². The summed E-state index contributed by atoms with van der Waals surface area (Å²) in [6.45, 7) is 0. The zero-order valence-electron chi connectivity index (χ0n) is 12.8. The zero-order valence-corrected chi connectivity index (χ0v) is 13.6. The van der Waals surface area contributed by atoms with Gasteiger partial charge in [0, 0.05) is 16.9 Å². The fourth-order valence-electron chi connectivity index (χ4n) is 2.47. The second-order valence-corrected chi connectivity index (χ2v) is 6.00. The lowest BCUT2D eigenvalue weighted by Gasteiger charge is -2.17. The molecule has 0 bridgehead atoms. The van der Waals surface area contributed by atoms with Crippen LogP contribution in [0.1, 0.15) is 15.9 Å². The van der Waals surface area contributed by atoms with E-state index in [0.717, 1.165) is 5.56 Å². The van der Waals surface area contributed by atoms with Crippen molar-refractivity contribution in [3.8, 4) is 11.5 Å². The van der Waals surface area contributed by atoms with Gasteiger partial charge in [0.25, 0.3) is 0 Å². The molecule has 0 radical (unpaired) electrons. The zero-order chi connectivity index (χ0) is 16.4. The summed E-state index contributed by atoms with van der Waals surface area (Å²) in [6.07, 6.45) is 1.81. The molecule has 0 saturated carbocycles. The van der Waals surface area contributed by atoms with Crippen LogP contribution >= 0.6 is 11.8 Å². The number of hydrogen-bond donors (Lipinski definition) is 0. The number of ketones is 1. The van der Waals surface area contributed by atoms with Crippen LogP contribution in [0.2, 0.25) is 0 Å². The summed E-state index contributed by atoms with van der Waals surface area (Å²) in [7, 11) is 3.14. The van der Waals surface area contributed by atoms with Gasteiger partial charge < -0.3 is 9.47 Å². The number of carbonyl (C=O) groups excluding carboxylic acids is 1. The maximum atomic E-state index is 13.8. The number of hydrogen-bond acceptors (Lipinski definition) is 4. The summed E-state index contributed by atoms with van der Waals surface area (Å²) in [6, 6.07) is 10.1. The molecule has 1 heterocycles. The minimum atomic E-state index is -0.342. The number of benzene rings is 2. The molecule has 1 aliphatic heterocycles. The molecule has 3 rings (SSSR count). The fraction of sp³-hybridized carbons (Fsp3) is 0.167. The Labute approximate surface area is 138 Å². The molecular weight excluding hydrogens is 315 g/mol. The van der Waals surface area contributed by atoms with E-state index in [0.29, 0.717) is 33.3 Å². The van der Waals surface area contributed by atoms with Crippen LogP contribution in [-0.2, 0) is 0 Å². The summed E-state index contributed by atoms with van der Waals surface area (Å²) in [5.41, 5.74) is 1.90. The summed E-state index contributed by atoms with van der Waals surface area (Å²) < 4.78 is 24.2. The first-order valence-electron chi connectivity index (χ1n) is 7.02. The van der Waals surface area contributed by atoms with E-state index in [1.165, 1.54) is 17.8 Å². The van der Waals surface area contributed by atoms with Crippen LogP contribution in [0.4, 0.5) is 4.39 Å². The number of thioether (sulfide) groups is 1. The molecule has 0 atom stereocenters. The second kappa shape index (κ2) is 6.46. The lowest BCUT2D eigenvalue weighted by Crippen LogP contribution is -2.13. The van der Waals surface area contributed by atoms with Gasteiger partial charge in [0.15, 0.2) is 17.3 Å². The molecule has 0 aliphatic carbocycles. The van der Waals surface area contributed by atoms with E-state index in [9.17, 15) is 9.18 Å². The van der Waals surface area contributed by atoms with Gasteiger partial charge in [-0.3, -0.25) is 4.79 Å².